The fraction of sp³-hybridized carbons (Fsp3) is 0.273. The van der Waals surface area contributed by atoms with E-state index in [9.17, 15) is 0 Å². The first-order valence-corrected chi connectivity index (χ1v) is 4.73. The predicted molar refractivity (Wildman–Crippen MR) is 59.3 cm³/mol. The molecule has 76 valence electrons. The zero-order valence-electron chi connectivity index (χ0n) is 8.34. The summed E-state index contributed by atoms with van der Waals surface area (Å²) >= 11 is 6.00. The van der Waals surface area contributed by atoms with E-state index in [4.69, 9.17) is 21.1 Å². The van der Waals surface area contributed by atoms with Crippen LogP contribution in [0.5, 0.6) is 11.5 Å². The second-order valence-corrected chi connectivity index (χ2v) is 3.08. The van der Waals surface area contributed by atoms with Gasteiger partial charge in [0.2, 0.25) is 0 Å². The van der Waals surface area contributed by atoms with E-state index in [0.717, 1.165) is 5.56 Å². The van der Waals surface area contributed by atoms with Crippen LogP contribution in [0.25, 0.3) is 6.08 Å². The van der Waals surface area contributed by atoms with Crippen molar-refractivity contribution in [2.24, 2.45) is 0 Å². The molecule has 1 aromatic rings. The Hall–Kier alpha value is -1.15. The van der Waals surface area contributed by atoms with Crippen molar-refractivity contribution in [3.63, 3.8) is 0 Å². The maximum atomic E-state index is 6.00. The molecular formula is C11H13ClO2. The van der Waals surface area contributed by atoms with Crippen molar-refractivity contribution in [3.8, 4) is 11.5 Å². The molecule has 0 heterocycles. The second-order valence-electron chi connectivity index (χ2n) is 2.67. The standard InChI is InChI=1S/C11H13ClO2/c1-4-8-6-9(12)11(13-3)10(7-8)14-5-2/h4,6-7H,1,5H2,2-3H3. The SMILES string of the molecule is C=Cc1cc(Cl)c(OC)c(OCC)c1. The Kier molecular flexibility index (Phi) is 3.84. The van der Waals surface area contributed by atoms with Gasteiger partial charge >= 0.3 is 0 Å². The van der Waals surface area contributed by atoms with Crippen molar-refractivity contribution in [1.82, 2.24) is 0 Å². The van der Waals surface area contributed by atoms with E-state index in [2.05, 4.69) is 6.58 Å². The van der Waals surface area contributed by atoms with Crippen molar-refractivity contribution in [3.05, 3.63) is 29.3 Å². The van der Waals surface area contributed by atoms with Crippen molar-refractivity contribution in [2.75, 3.05) is 13.7 Å². The molecule has 2 nitrogen and oxygen atoms in total. The molecule has 3 heteroatoms. The molecule has 0 fully saturated rings. The summed E-state index contributed by atoms with van der Waals surface area (Å²) in [5.74, 6) is 1.22. The van der Waals surface area contributed by atoms with Crippen molar-refractivity contribution < 1.29 is 9.47 Å². The Morgan fingerprint density at radius 2 is 2.21 bits per heavy atom. The molecule has 0 saturated heterocycles. The summed E-state index contributed by atoms with van der Waals surface area (Å²) in [5, 5.41) is 0.536. The summed E-state index contributed by atoms with van der Waals surface area (Å²) in [4.78, 5) is 0. The quantitative estimate of drug-likeness (QED) is 0.762. The Balaban J connectivity index is 3.20. The molecule has 0 atom stereocenters. The number of ether oxygens (including phenoxy) is 2. The molecule has 0 saturated carbocycles. The first kappa shape index (κ1) is 10.9. The van der Waals surface area contributed by atoms with E-state index in [1.54, 1.807) is 19.3 Å². The van der Waals surface area contributed by atoms with Crippen LogP contribution in [-0.2, 0) is 0 Å². The lowest BCUT2D eigenvalue weighted by molar-refractivity contribution is 0.311. The Labute approximate surface area is 89.1 Å². The number of benzene rings is 1. The summed E-state index contributed by atoms with van der Waals surface area (Å²) < 4.78 is 10.5. The third-order valence-corrected chi connectivity index (χ3v) is 2.05. The van der Waals surface area contributed by atoms with Gasteiger partial charge in [-0.15, -0.1) is 0 Å². The third-order valence-electron chi connectivity index (χ3n) is 1.77. The molecule has 0 amide bonds. The van der Waals surface area contributed by atoms with Gasteiger partial charge in [-0.25, -0.2) is 0 Å². The molecule has 0 aliphatic heterocycles. The lowest BCUT2D eigenvalue weighted by Crippen LogP contribution is -1.96. The zero-order valence-corrected chi connectivity index (χ0v) is 9.10. The first-order chi connectivity index (χ1) is 6.72. The van der Waals surface area contributed by atoms with E-state index >= 15 is 0 Å². The topological polar surface area (TPSA) is 18.5 Å². The average molecular weight is 213 g/mol. The molecular weight excluding hydrogens is 200 g/mol. The molecule has 1 aromatic carbocycles. The zero-order chi connectivity index (χ0) is 10.6. The Morgan fingerprint density at radius 3 is 2.71 bits per heavy atom. The number of rotatable bonds is 4. The van der Waals surface area contributed by atoms with Crippen LogP contribution < -0.4 is 9.47 Å². The van der Waals surface area contributed by atoms with Gasteiger partial charge in [-0.3, -0.25) is 0 Å². The lowest BCUT2D eigenvalue weighted by Gasteiger charge is -2.11. The van der Waals surface area contributed by atoms with Gasteiger partial charge in [-0.1, -0.05) is 24.3 Å². The number of methoxy groups -OCH3 is 1. The van der Waals surface area contributed by atoms with Crippen LogP contribution in [0.1, 0.15) is 12.5 Å². The monoisotopic (exact) mass is 212 g/mol. The molecule has 0 bridgehead atoms. The summed E-state index contributed by atoms with van der Waals surface area (Å²) in [6.45, 7) is 6.16. The van der Waals surface area contributed by atoms with Gasteiger partial charge in [0.25, 0.3) is 0 Å². The minimum absolute atomic E-state index is 0.536. The largest absolute Gasteiger partial charge is 0.491 e. The highest BCUT2D eigenvalue weighted by Gasteiger charge is 2.09. The summed E-state index contributed by atoms with van der Waals surface area (Å²) in [5.41, 5.74) is 0.916. The second kappa shape index (κ2) is 4.91. The van der Waals surface area contributed by atoms with E-state index in [-0.39, 0.29) is 0 Å². The van der Waals surface area contributed by atoms with Crippen LogP contribution in [0.2, 0.25) is 5.02 Å². The fourth-order valence-electron chi connectivity index (χ4n) is 1.17. The van der Waals surface area contributed by atoms with Crippen molar-refractivity contribution in [1.29, 1.82) is 0 Å². The van der Waals surface area contributed by atoms with Crippen LogP contribution >= 0.6 is 11.6 Å². The van der Waals surface area contributed by atoms with Crippen LogP contribution in [0.15, 0.2) is 18.7 Å². The van der Waals surface area contributed by atoms with E-state index in [1.807, 2.05) is 13.0 Å². The maximum Gasteiger partial charge on any atom is 0.179 e. The molecule has 14 heavy (non-hydrogen) atoms. The van der Waals surface area contributed by atoms with Gasteiger partial charge in [-0.05, 0) is 24.6 Å². The summed E-state index contributed by atoms with van der Waals surface area (Å²) in [6.07, 6.45) is 1.72. The van der Waals surface area contributed by atoms with E-state index in [1.165, 1.54) is 0 Å². The Bertz CT molecular complexity index is 334. The van der Waals surface area contributed by atoms with Gasteiger partial charge in [0.05, 0.1) is 18.7 Å². The molecule has 0 aliphatic rings. The molecule has 0 aromatic heterocycles. The van der Waals surface area contributed by atoms with Crippen LogP contribution in [-0.4, -0.2) is 13.7 Å². The highest BCUT2D eigenvalue weighted by atomic mass is 35.5. The highest BCUT2D eigenvalue weighted by molar-refractivity contribution is 6.32. The predicted octanol–water partition coefficient (Wildman–Crippen LogP) is 3.39. The van der Waals surface area contributed by atoms with E-state index < -0.39 is 0 Å². The number of halogens is 1. The fourth-order valence-corrected chi connectivity index (χ4v) is 1.46. The normalized spacial score (nSPS) is 9.64. The van der Waals surface area contributed by atoms with Gasteiger partial charge in [0, 0.05) is 0 Å². The van der Waals surface area contributed by atoms with Crippen LogP contribution in [0.3, 0.4) is 0 Å². The van der Waals surface area contributed by atoms with Gasteiger partial charge in [0.15, 0.2) is 11.5 Å². The van der Waals surface area contributed by atoms with Crippen molar-refractivity contribution in [2.45, 2.75) is 6.92 Å². The van der Waals surface area contributed by atoms with Gasteiger partial charge < -0.3 is 9.47 Å². The first-order valence-electron chi connectivity index (χ1n) is 4.35. The molecule has 0 N–H and O–H groups in total. The molecule has 1 rings (SSSR count). The number of hydrogen-bond acceptors (Lipinski definition) is 2. The number of hydrogen-bond donors (Lipinski definition) is 0. The van der Waals surface area contributed by atoms with Gasteiger partial charge in [-0.2, -0.15) is 0 Å². The van der Waals surface area contributed by atoms with Crippen LogP contribution in [0.4, 0.5) is 0 Å². The molecule has 0 radical (unpaired) electrons. The van der Waals surface area contributed by atoms with Gasteiger partial charge in [0.1, 0.15) is 0 Å². The lowest BCUT2D eigenvalue weighted by atomic mass is 10.2. The third kappa shape index (κ3) is 2.20. The maximum absolute atomic E-state index is 6.00. The Morgan fingerprint density at radius 1 is 1.50 bits per heavy atom. The van der Waals surface area contributed by atoms with Crippen LogP contribution in [0, 0.1) is 0 Å². The summed E-state index contributed by atoms with van der Waals surface area (Å²) in [6, 6.07) is 3.64. The molecule has 0 spiro atoms. The van der Waals surface area contributed by atoms with E-state index in [0.29, 0.717) is 23.1 Å². The van der Waals surface area contributed by atoms with Crippen molar-refractivity contribution >= 4 is 17.7 Å². The smallest absolute Gasteiger partial charge is 0.179 e. The minimum Gasteiger partial charge on any atom is -0.491 e. The molecule has 0 aliphatic carbocycles. The highest BCUT2D eigenvalue weighted by Crippen LogP contribution is 2.36. The molecule has 0 unspecified atom stereocenters. The minimum atomic E-state index is 0.536. The average Bonchev–Trinajstić information content (AvgIpc) is 2.18. The summed E-state index contributed by atoms with van der Waals surface area (Å²) in [7, 11) is 1.57.